The average Bonchev–Trinajstić information content (AvgIpc) is 3.16. The predicted octanol–water partition coefficient (Wildman–Crippen LogP) is 7.77. The zero-order valence-electron chi connectivity index (χ0n) is 18.5. The standard InChI is InChI=1S/C26H25Cl2N3OS/c1-17(2)24(22-10-6-7-11-29-22)25-26(33-21-13-19(27)12-20(28)14-21)31-23(30-25)16-32-15-18-8-4-3-5-9-18/h3-14,17,24H,15-16H2,1-2H3,(H,30,31). The van der Waals surface area contributed by atoms with E-state index in [1.807, 2.05) is 60.8 Å². The van der Waals surface area contributed by atoms with Gasteiger partial charge in [0.05, 0.1) is 12.3 Å². The highest BCUT2D eigenvalue weighted by molar-refractivity contribution is 7.99. The second-order valence-electron chi connectivity index (χ2n) is 8.06. The van der Waals surface area contributed by atoms with Crippen LogP contribution in [0.15, 0.2) is 82.8 Å². The summed E-state index contributed by atoms with van der Waals surface area (Å²) in [5.74, 6) is 1.14. The Morgan fingerprint density at radius 3 is 2.33 bits per heavy atom. The van der Waals surface area contributed by atoms with Gasteiger partial charge in [-0.25, -0.2) is 4.98 Å². The van der Waals surface area contributed by atoms with Gasteiger partial charge < -0.3 is 9.72 Å². The molecular weight excluding hydrogens is 473 g/mol. The number of hydrogen-bond donors (Lipinski definition) is 1. The summed E-state index contributed by atoms with van der Waals surface area (Å²) in [6, 6.07) is 21.6. The Balaban J connectivity index is 1.64. The van der Waals surface area contributed by atoms with E-state index in [0.717, 1.165) is 32.7 Å². The fourth-order valence-corrected chi connectivity index (χ4v) is 5.39. The molecule has 33 heavy (non-hydrogen) atoms. The fourth-order valence-electron chi connectivity index (χ4n) is 3.70. The van der Waals surface area contributed by atoms with Crippen LogP contribution in [-0.4, -0.2) is 15.0 Å². The van der Waals surface area contributed by atoms with Gasteiger partial charge in [0.15, 0.2) is 0 Å². The van der Waals surface area contributed by atoms with E-state index in [0.29, 0.717) is 29.2 Å². The number of nitrogens with zero attached hydrogens (tertiary/aromatic N) is 2. The molecule has 0 aliphatic carbocycles. The third kappa shape index (κ3) is 6.39. The van der Waals surface area contributed by atoms with Gasteiger partial charge in [-0.15, -0.1) is 0 Å². The van der Waals surface area contributed by atoms with Crippen LogP contribution in [0.4, 0.5) is 0 Å². The van der Waals surface area contributed by atoms with E-state index in [1.165, 1.54) is 11.8 Å². The highest BCUT2D eigenvalue weighted by atomic mass is 35.5. The minimum absolute atomic E-state index is 0.0544. The normalized spacial score (nSPS) is 12.3. The smallest absolute Gasteiger partial charge is 0.133 e. The second-order valence-corrected chi connectivity index (χ2v) is 10.00. The Kier molecular flexibility index (Phi) is 8.10. The van der Waals surface area contributed by atoms with Crippen LogP contribution >= 0.6 is 35.0 Å². The Hall–Kier alpha value is -2.31. The van der Waals surface area contributed by atoms with Gasteiger partial charge >= 0.3 is 0 Å². The van der Waals surface area contributed by atoms with Gasteiger partial charge in [-0.05, 0) is 41.8 Å². The van der Waals surface area contributed by atoms with Gasteiger partial charge in [-0.3, -0.25) is 4.98 Å². The van der Waals surface area contributed by atoms with Gasteiger partial charge in [-0.2, -0.15) is 0 Å². The Morgan fingerprint density at radius 2 is 1.67 bits per heavy atom. The van der Waals surface area contributed by atoms with Crippen molar-refractivity contribution in [3.05, 3.63) is 106 Å². The zero-order chi connectivity index (χ0) is 23.2. The molecule has 0 radical (unpaired) electrons. The van der Waals surface area contributed by atoms with Crippen LogP contribution in [0.2, 0.25) is 10.0 Å². The molecule has 4 nitrogen and oxygen atoms in total. The summed E-state index contributed by atoms with van der Waals surface area (Å²) in [7, 11) is 0. The third-order valence-electron chi connectivity index (χ3n) is 5.13. The van der Waals surface area contributed by atoms with E-state index < -0.39 is 0 Å². The molecule has 0 aliphatic heterocycles. The highest BCUT2D eigenvalue weighted by Crippen LogP contribution is 2.39. The Morgan fingerprint density at radius 1 is 0.939 bits per heavy atom. The molecule has 0 fully saturated rings. The molecule has 4 rings (SSSR count). The van der Waals surface area contributed by atoms with E-state index in [2.05, 4.69) is 29.9 Å². The van der Waals surface area contributed by atoms with E-state index in [1.54, 1.807) is 6.07 Å². The first kappa shape index (κ1) is 23.8. The SMILES string of the molecule is CC(C)C(c1ccccn1)c1[nH]c(COCc2ccccc2)nc1Sc1cc(Cl)cc(Cl)c1. The summed E-state index contributed by atoms with van der Waals surface area (Å²) in [5.41, 5.74) is 3.14. The van der Waals surface area contributed by atoms with Crippen molar-refractivity contribution in [2.75, 3.05) is 0 Å². The van der Waals surface area contributed by atoms with E-state index >= 15 is 0 Å². The van der Waals surface area contributed by atoms with Gasteiger partial charge in [-0.1, -0.05) is 85.2 Å². The van der Waals surface area contributed by atoms with E-state index in [-0.39, 0.29) is 5.92 Å². The summed E-state index contributed by atoms with van der Waals surface area (Å²) in [5, 5.41) is 2.06. The first-order chi connectivity index (χ1) is 16.0. The first-order valence-corrected chi connectivity index (χ1v) is 12.3. The number of ether oxygens (including phenoxy) is 1. The van der Waals surface area contributed by atoms with Crippen LogP contribution in [0.1, 0.15) is 42.5 Å². The van der Waals surface area contributed by atoms with Gasteiger partial charge in [0.25, 0.3) is 0 Å². The van der Waals surface area contributed by atoms with Gasteiger partial charge in [0.2, 0.25) is 0 Å². The summed E-state index contributed by atoms with van der Waals surface area (Å²) >= 11 is 14.0. The van der Waals surface area contributed by atoms with Crippen LogP contribution in [0, 0.1) is 5.92 Å². The summed E-state index contributed by atoms with van der Waals surface area (Å²) in [4.78, 5) is 14.0. The molecule has 7 heteroatoms. The number of imidazole rings is 1. The molecule has 2 heterocycles. The molecule has 1 unspecified atom stereocenters. The fraction of sp³-hybridized carbons (Fsp3) is 0.231. The van der Waals surface area contributed by atoms with Crippen molar-refractivity contribution in [2.24, 2.45) is 5.92 Å². The summed E-state index contributed by atoms with van der Waals surface area (Å²) in [6.45, 7) is 5.29. The van der Waals surface area contributed by atoms with E-state index in [9.17, 15) is 0 Å². The third-order valence-corrected chi connectivity index (χ3v) is 6.54. The lowest BCUT2D eigenvalue weighted by molar-refractivity contribution is 0.102. The number of benzene rings is 2. The monoisotopic (exact) mass is 497 g/mol. The topological polar surface area (TPSA) is 50.8 Å². The Labute approximate surface area is 208 Å². The molecule has 4 aromatic rings. The number of aromatic amines is 1. The lowest BCUT2D eigenvalue weighted by Crippen LogP contribution is -2.12. The molecule has 1 atom stereocenters. The number of aromatic nitrogens is 3. The average molecular weight is 498 g/mol. The lowest BCUT2D eigenvalue weighted by atomic mass is 9.89. The molecular formula is C26H25Cl2N3OS. The summed E-state index contributed by atoms with van der Waals surface area (Å²) < 4.78 is 5.95. The van der Waals surface area contributed by atoms with Crippen molar-refractivity contribution in [2.45, 2.75) is 42.9 Å². The molecule has 2 aromatic heterocycles. The van der Waals surface area contributed by atoms with Crippen LogP contribution in [0.5, 0.6) is 0 Å². The molecule has 0 amide bonds. The van der Waals surface area contributed by atoms with Crippen molar-refractivity contribution in [1.29, 1.82) is 0 Å². The molecule has 170 valence electrons. The maximum Gasteiger partial charge on any atom is 0.133 e. The van der Waals surface area contributed by atoms with Gasteiger partial charge in [0.1, 0.15) is 17.5 Å². The van der Waals surface area contributed by atoms with Crippen LogP contribution < -0.4 is 0 Å². The van der Waals surface area contributed by atoms with Crippen molar-refractivity contribution < 1.29 is 4.74 Å². The predicted molar refractivity (Wildman–Crippen MR) is 135 cm³/mol. The molecule has 0 spiro atoms. The minimum atomic E-state index is 0.0544. The minimum Gasteiger partial charge on any atom is -0.369 e. The summed E-state index contributed by atoms with van der Waals surface area (Å²) in [6.07, 6.45) is 1.83. The van der Waals surface area contributed by atoms with Crippen molar-refractivity contribution >= 4 is 35.0 Å². The molecule has 0 aliphatic rings. The van der Waals surface area contributed by atoms with Crippen molar-refractivity contribution in [1.82, 2.24) is 15.0 Å². The maximum absolute atomic E-state index is 6.24. The number of hydrogen-bond acceptors (Lipinski definition) is 4. The maximum atomic E-state index is 6.24. The number of H-pyrrole nitrogens is 1. The molecule has 2 aromatic carbocycles. The molecule has 0 saturated heterocycles. The Bertz CT molecular complexity index is 1160. The number of rotatable bonds is 9. The highest BCUT2D eigenvalue weighted by Gasteiger charge is 2.26. The van der Waals surface area contributed by atoms with Crippen LogP contribution in [-0.2, 0) is 18.0 Å². The van der Waals surface area contributed by atoms with E-state index in [4.69, 9.17) is 32.9 Å². The van der Waals surface area contributed by atoms with Crippen LogP contribution in [0.25, 0.3) is 0 Å². The van der Waals surface area contributed by atoms with Gasteiger partial charge in [0, 0.05) is 32.7 Å². The zero-order valence-corrected chi connectivity index (χ0v) is 20.8. The molecule has 1 N–H and O–H groups in total. The van der Waals surface area contributed by atoms with Crippen molar-refractivity contribution in [3.8, 4) is 0 Å². The second kappa shape index (κ2) is 11.2. The number of pyridine rings is 1. The lowest BCUT2D eigenvalue weighted by Gasteiger charge is -2.20. The number of nitrogens with one attached hydrogen (secondary N) is 1. The molecule has 0 saturated carbocycles. The quantitative estimate of drug-likeness (QED) is 0.256. The molecule has 0 bridgehead atoms. The number of halogens is 2. The van der Waals surface area contributed by atoms with Crippen molar-refractivity contribution in [3.63, 3.8) is 0 Å². The largest absolute Gasteiger partial charge is 0.369 e. The first-order valence-electron chi connectivity index (χ1n) is 10.7. The van der Waals surface area contributed by atoms with Crippen LogP contribution in [0.3, 0.4) is 0 Å².